The molecule has 126 valence electrons. The van der Waals surface area contributed by atoms with Crippen LogP contribution in [0.1, 0.15) is 91.4 Å². The Morgan fingerprint density at radius 2 is 1.73 bits per heavy atom. The zero-order valence-corrected chi connectivity index (χ0v) is 15.2. The molecule has 22 heavy (non-hydrogen) atoms. The molecule has 0 radical (unpaired) electrons. The second-order valence-electron chi connectivity index (χ2n) is 8.01. The van der Waals surface area contributed by atoms with Gasteiger partial charge >= 0.3 is 0 Å². The lowest BCUT2D eigenvalue weighted by Crippen LogP contribution is -2.28. The van der Waals surface area contributed by atoms with Crippen molar-refractivity contribution in [3.8, 4) is 0 Å². The molecule has 2 saturated carbocycles. The van der Waals surface area contributed by atoms with Crippen LogP contribution in [-0.2, 0) is 0 Å². The molecular formula is C21H37N. The molecule has 0 bridgehead atoms. The van der Waals surface area contributed by atoms with Crippen LogP contribution in [0.15, 0.2) is 23.4 Å². The van der Waals surface area contributed by atoms with E-state index in [0.717, 1.165) is 11.6 Å². The zero-order valence-electron chi connectivity index (χ0n) is 15.2. The lowest BCUT2D eigenvalue weighted by Gasteiger charge is -2.38. The molecular weight excluding hydrogens is 266 g/mol. The van der Waals surface area contributed by atoms with Crippen LogP contribution in [-0.4, -0.2) is 0 Å². The molecule has 0 aromatic rings. The summed E-state index contributed by atoms with van der Waals surface area (Å²) in [6, 6.07) is 0. The molecule has 1 heteroatoms. The summed E-state index contributed by atoms with van der Waals surface area (Å²) in [7, 11) is 0. The topological polar surface area (TPSA) is 26.0 Å². The Balaban J connectivity index is 2.06. The van der Waals surface area contributed by atoms with Crippen molar-refractivity contribution >= 4 is 0 Å². The van der Waals surface area contributed by atoms with Crippen molar-refractivity contribution in [2.45, 2.75) is 91.4 Å². The molecule has 0 aromatic heterocycles. The Bertz CT molecular complexity index is 392. The van der Waals surface area contributed by atoms with Crippen molar-refractivity contribution in [3.05, 3.63) is 23.4 Å². The van der Waals surface area contributed by atoms with Gasteiger partial charge in [-0.2, -0.15) is 0 Å². The van der Waals surface area contributed by atoms with E-state index in [2.05, 4.69) is 32.9 Å². The van der Waals surface area contributed by atoms with Gasteiger partial charge in [-0.25, -0.2) is 0 Å². The SMILES string of the molecule is CCC(C)(/C=C(\N)C(C)C=C1CCCCC1)C1CCCCC1. The smallest absolute Gasteiger partial charge is 0.0135 e. The highest BCUT2D eigenvalue weighted by Gasteiger charge is 2.32. The predicted octanol–water partition coefficient (Wildman–Crippen LogP) is 6.35. The summed E-state index contributed by atoms with van der Waals surface area (Å²) in [5.74, 6) is 1.24. The maximum Gasteiger partial charge on any atom is 0.0135 e. The van der Waals surface area contributed by atoms with Crippen LogP contribution in [0.25, 0.3) is 0 Å². The second kappa shape index (κ2) is 8.22. The van der Waals surface area contributed by atoms with Gasteiger partial charge in [-0.05, 0) is 56.3 Å². The van der Waals surface area contributed by atoms with Crippen LogP contribution in [0.5, 0.6) is 0 Å². The molecule has 0 aromatic carbocycles. The molecule has 2 rings (SSSR count). The molecule has 2 aliphatic rings. The summed E-state index contributed by atoms with van der Waals surface area (Å²) in [5, 5.41) is 0. The highest BCUT2D eigenvalue weighted by atomic mass is 14.6. The zero-order chi connectivity index (χ0) is 16.0. The maximum atomic E-state index is 6.52. The van der Waals surface area contributed by atoms with E-state index in [4.69, 9.17) is 5.73 Å². The lowest BCUT2D eigenvalue weighted by atomic mass is 9.67. The molecule has 2 fully saturated rings. The first kappa shape index (κ1) is 17.6. The van der Waals surface area contributed by atoms with Gasteiger partial charge in [0.25, 0.3) is 0 Å². The molecule has 0 amide bonds. The summed E-state index contributed by atoms with van der Waals surface area (Å²) >= 11 is 0. The van der Waals surface area contributed by atoms with Crippen LogP contribution >= 0.6 is 0 Å². The van der Waals surface area contributed by atoms with Gasteiger partial charge in [0, 0.05) is 11.6 Å². The number of hydrogen-bond acceptors (Lipinski definition) is 1. The molecule has 1 nitrogen and oxygen atoms in total. The van der Waals surface area contributed by atoms with E-state index in [1.165, 1.54) is 70.6 Å². The van der Waals surface area contributed by atoms with E-state index in [1.54, 1.807) is 5.57 Å². The summed E-state index contributed by atoms with van der Waals surface area (Å²) in [6.07, 6.45) is 19.9. The highest BCUT2D eigenvalue weighted by Crippen LogP contribution is 2.42. The third-order valence-electron chi connectivity index (χ3n) is 6.30. The number of rotatable bonds is 5. The van der Waals surface area contributed by atoms with Crippen molar-refractivity contribution in [1.29, 1.82) is 0 Å². The molecule has 0 aliphatic heterocycles. The van der Waals surface area contributed by atoms with Gasteiger partial charge in [-0.1, -0.05) is 64.2 Å². The number of allylic oxidation sites excluding steroid dienone is 3. The monoisotopic (exact) mass is 303 g/mol. The molecule has 2 unspecified atom stereocenters. The normalized spacial score (nSPS) is 25.6. The first-order chi connectivity index (χ1) is 10.5. The van der Waals surface area contributed by atoms with Crippen molar-refractivity contribution in [1.82, 2.24) is 0 Å². The summed E-state index contributed by atoms with van der Waals surface area (Å²) in [4.78, 5) is 0. The minimum atomic E-state index is 0.295. The minimum absolute atomic E-state index is 0.295. The van der Waals surface area contributed by atoms with Gasteiger partial charge in [0.15, 0.2) is 0 Å². The molecule has 0 saturated heterocycles. The highest BCUT2D eigenvalue weighted by molar-refractivity contribution is 5.18. The van der Waals surface area contributed by atoms with Crippen molar-refractivity contribution < 1.29 is 0 Å². The van der Waals surface area contributed by atoms with Gasteiger partial charge in [0.05, 0.1) is 0 Å². The molecule has 2 N–H and O–H groups in total. The van der Waals surface area contributed by atoms with Crippen LogP contribution in [0.3, 0.4) is 0 Å². The second-order valence-corrected chi connectivity index (χ2v) is 8.01. The molecule has 2 aliphatic carbocycles. The minimum Gasteiger partial charge on any atom is -0.402 e. The van der Waals surface area contributed by atoms with E-state index in [1.807, 2.05) is 0 Å². The number of nitrogens with two attached hydrogens (primary N) is 1. The van der Waals surface area contributed by atoms with Crippen molar-refractivity contribution in [3.63, 3.8) is 0 Å². The van der Waals surface area contributed by atoms with E-state index in [0.29, 0.717) is 11.3 Å². The quantitative estimate of drug-likeness (QED) is 0.588. The van der Waals surface area contributed by atoms with Crippen LogP contribution in [0.2, 0.25) is 0 Å². The fraction of sp³-hybridized carbons (Fsp3) is 0.810. The number of hydrogen-bond donors (Lipinski definition) is 1. The first-order valence-corrected chi connectivity index (χ1v) is 9.73. The van der Waals surface area contributed by atoms with Gasteiger partial charge in [-0.3, -0.25) is 0 Å². The average molecular weight is 304 g/mol. The van der Waals surface area contributed by atoms with Crippen LogP contribution in [0, 0.1) is 17.3 Å². The summed E-state index contributed by atoms with van der Waals surface area (Å²) < 4.78 is 0. The lowest BCUT2D eigenvalue weighted by molar-refractivity contribution is 0.182. The molecule has 2 atom stereocenters. The maximum absolute atomic E-state index is 6.52. The van der Waals surface area contributed by atoms with E-state index in [-0.39, 0.29) is 0 Å². The Kier molecular flexibility index (Phi) is 6.59. The van der Waals surface area contributed by atoms with E-state index >= 15 is 0 Å². The Labute approximate surface area is 138 Å². The van der Waals surface area contributed by atoms with Crippen molar-refractivity contribution in [2.24, 2.45) is 23.0 Å². The Morgan fingerprint density at radius 1 is 1.14 bits per heavy atom. The van der Waals surface area contributed by atoms with Crippen LogP contribution in [0.4, 0.5) is 0 Å². The fourth-order valence-corrected chi connectivity index (χ4v) is 4.41. The summed E-state index contributed by atoms with van der Waals surface area (Å²) in [6.45, 7) is 7.06. The van der Waals surface area contributed by atoms with Crippen LogP contribution < -0.4 is 5.73 Å². The largest absolute Gasteiger partial charge is 0.402 e. The predicted molar refractivity (Wildman–Crippen MR) is 97.6 cm³/mol. The van der Waals surface area contributed by atoms with Gasteiger partial charge in [-0.15, -0.1) is 0 Å². The molecule has 0 spiro atoms. The Hall–Kier alpha value is -0.720. The van der Waals surface area contributed by atoms with E-state index in [9.17, 15) is 0 Å². The fourth-order valence-electron chi connectivity index (χ4n) is 4.41. The Morgan fingerprint density at radius 3 is 2.32 bits per heavy atom. The summed E-state index contributed by atoms with van der Waals surface area (Å²) in [5.41, 5.74) is 9.56. The molecule has 0 heterocycles. The first-order valence-electron chi connectivity index (χ1n) is 9.73. The van der Waals surface area contributed by atoms with Crippen molar-refractivity contribution in [2.75, 3.05) is 0 Å². The van der Waals surface area contributed by atoms with Gasteiger partial charge in [0.2, 0.25) is 0 Å². The third kappa shape index (κ3) is 4.64. The van der Waals surface area contributed by atoms with Gasteiger partial charge in [0.1, 0.15) is 0 Å². The van der Waals surface area contributed by atoms with E-state index < -0.39 is 0 Å². The van der Waals surface area contributed by atoms with Gasteiger partial charge < -0.3 is 5.73 Å². The average Bonchev–Trinajstić information content (AvgIpc) is 2.56. The standard InChI is InChI=1S/C21H37N/c1-4-21(3,19-13-9-6-10-14-19)16-20(22)17(2)15-18-11-7-5-8-12-18/h15-17,19H,4-14,22H2,1-3H3/b20-16-. The third-order valence-corrected chi connectivity index (χ3v) is 6.30.